The molecule has 0 saturated heterocycles. The molecule has 0 amide bonds. The van der Waals surface area contributed by atoms with Gasteiger partial charge in [-0.05, 0) is 17.9 Å². The van der Waals surface area contributed by atoms with E-state index in [9.17, 15) is 10.1 Å². The summed E-state index contributed by atoms with van der Waals surface area (Å²) in [6.45, 7) is 1.07. The minimum atomic E-state index is -0.503. The van der Waals surface area contributed by atoms with E-state index in [1.807, 2.05) is 0 Å². The highest BCUT2D eigenvalue weighted by molar-refractivity contribution is 5.85. The number of nitrogens with zero attached hydrogens (tertiary/aromatic N) is 3. The van der Waals surface area contributed by atoms with Crippen molar-refractivity contribution in [3.05, 3.63) is 22.5 Å². The molecule has 0 aromatic carbocycles. The normalized spacial score (nSPS) is 8.64. The lowest BCUT2D eigenvalue weighted by Crippen LogP contribution is -2.07. The lowest BCUT2D eigenvalue weighted by Gasteiger charge is -1.98. The number of imidazole rings is 1. The average Bonchev–Trinajstić information content (AvgIpc) is 2.48. The Morgan fingerprint density at radius 1 is 1.57 bits per heavy atom. The van der Waals surface area contributed by atoms with Crippen molar-refractivity contribution in [3.8, 4) is 0 Å². The lowest BCUT2D eigenvalue weighted by atomic mass is 10.4. The van der Waals surface area contributed by atoms with Crippen LogP contribution >= 0.6 is 24.8 Å². The fourth-order valence-corrected chi connectivity index (χ4v) is 0.909. The summed E-state index contributed by atoms with van der Waals surface area (Å²) < 4.78 is 1.48. The van der Waals surface area contributed by atoms with Crippen LogP contribution in [0.15, 0.2) is 12.4 Å². The summed E-state index contributed by atoms with van der Waals surface area (Å²) in [4.78, 5) is 13.4. The maximum absolute atomic E-state index is 10.3. The first kappa shape index (κ1) is 15.6. The number of aromatic nitrogens is 2. The highest BCUT2D eigenvalue weighted by atomic mass is 35.5. The van der Waals surface area contributed by atoms with E-state index < -0.39 is 4.92 Å². The molecule has 1 aromatic heterocycles. The monoisotopic (exact) mass is 242 g/mol. The maximum atomic E-state index is 10.3. The number of hydrogen-bond donors (Lipinski definition) is 1. The Balaban J connectivity index is 0. The third-order valence-electron chi connectivity index (χ3n) is 1.46. The topological polar surface area (TPSA) is 87.0 Å². The fraction of sp³-hybridized carbons (Fsp3) is 0.500. The molecule has 0 atom stereocenters. The first-order chi connectivity index (χ1) is 5.75. The summed E-state index contributed by atoms with van der Waals surface area (Å²) in [5.41, 5.74) is 5.27. The highest BCUT2D eigenvalue weighted by Crippen LogP contribution is 2.07. The van der Waals surface area contributed by atoms with E-state index in [1.165, 1.54) is 10.8 Å². The van der Waals surface area contributed by atoms with E-state index in [4.69, 9.17) is 5.73 Å². The van der Waals surface area contributed by atoms with Crippen molar-refractivity contribution >= 4 is 30.8 Å². The van der Waals surface area contributed by atoms with Crippen molar-refractivity contribution in [2.24, 2.45) is 5.73 Å². The summed E-state index contributed by atoms with van der Waals surface area (Å²) >= 11 is 0. The van der Waals surface area contributed by atoms with Crippen LogP contribution in [0.2, 0.25) is 0 Å². The Labute approximate surface area is 93.5 Å². The fourth-order valence-electron chi connectivity index (χ4n) is 0.909. The Morgan fingerprint density at radius 2 is 2.21 bits per heavy atom. The Morgan fingerprint density at radius 3 is 2.71 bits per heavy atom. The van der Waals surface area contributed by atoms with Gasteiger partial charge in [-0.3, -0.25) is 0 Å². The van der Waals surface area contributed by atoms with Gasteiger partial charge in [0.1, 0.15) is 12.4 Å². The number of hydrogen-bond acceptors (Lipinski definition) is 4. The maximum Gasteiger partial charge on any atom is 0.434 e. The third kappa shape index (κ3) is 3.91. The minimum Gasteiger partial charge on any atom is -0.390 e. The van der Waals surface area contributed by atoms with Gasteiger partial charge in [-0.15, -0.1) is 24.8 Å². The van der Waals surface area contributed by atoms with E-state index in [0.717, 1.165) is 6.42 Å². The van der Waals surface area contributed by atoms with Gasteiger partial charge in [-0.25, -0.2) is 4.57 Å². The Kier molecular flexibility index (Phi) is 8.41. The van der Waals surface area contributed by atoms with Gasteiger partial charge < -0.3 is 15.8 Å². The largest absolute Gasteiger partial charge is 0.434 e. The number of halogens is 2. The molecule has 82 valence electrons. The molecule has 0 aliphatic rings. The summed E-state index contributed by atoms with van der Waals surface area (Å²) in [5.74, 6) is -0.122. The highest BCUT2D eigenvalue weighted by Gasteiger charge is 2.12. The molecular weight excluding hydrogens is 231 g/mol. The number of nitro groups is 1. The predicted molar refractivity (Wildman–Crippen MR) is 57.0 cm³/mol. The van der Waals surface area contributed by atoms with Gasteiger partial charge in [0.05, 0.1) is 6.54 Å². The number of nitrogens with two attached hydrogens (primary N) is 1. The van der Waals surface area contributed by atoms with Crippen LogP contribution in [0.4, 0.5) is 5.95 Å². The molecule has 0 bridgehead atoms. The van der Waals surface area contributed by atoms with Gasteiger partial charge in [-0.2, -0.15) is 0 Å². The van der Waals surface area contributed by atoms with Crippen molar-refractivity contribution in [3.63, 3.8) is 0 Å². The van der Waals surface area contributed by atoms with Crippen molar-refractivity contribution in [1.82, 2.24) is 9.55 Å². The summed E-state index contributed by atoms with van der Waals surface area (Å²) in [6, 6.07) is 0. The van der Waals surface area contributed by atoms with Crippen LogP contribution in [0.3, 0.4) is 0 Å². The van der Waals surface area contributed by atoms with Crippen LogP contribution in [0.25, 0.3) is 0 Å². The van der Waals surface area contributed by atoms with E-state index in [1.54, 1.807) is 6.20 Å². The second-order valence-electron chi connectivity index (χ2n) is 2.32. The smallest absolute Gasteiger partial charge is 0.390 e. The third-order valence-corrected chi connectivity index (χ3v) is 1.46. The summed E-state index contributed by atoms with van der Waals surface area (Å²) in [6.07, 6.45) is 3.71. The quantitative estimate of drug-likeness (QED) is 0.630. The SMILES string of the molecule is Cl.Cl.NCCCn1ccnc1[N+](=O)[O-]. The second kappa shape index (κ2) is 7.54. The van der Waals surface area contributed by atoms with Crippen LogP contribution in [-0.4, -0.2) is 21.0 Å². The molecule has 1 aromatic rings. The molecule has 1 rings (SSSR count). The number of aryl methyl sites for hydroxylation is 1. The van der Waals surface area contributed by atoms with E-state index in [-0.39, 0.29) is 30.8 Å². The molecule has 0 unspecified atom stereocenters. The standard InChI is InChI=1S/C6H10N4O2.2ClH/c7-2-1-4-9-5-3-8-6(9)10(11)12;;/h3,5H,1-2,4,7H2;2*1H. The number of rotatable bonds is 4. The van der Waals surface area contributed by atoms with Crippen molar-refractivity contribution < 1.29 is 4.92 Å². The minimum absolute atomic E-state index is 0. The average molecular weight is 243 g/mol. The molecule has 14 heavy (non-hydrogen) atoms. The van der Waals surface area contributed by atoms with Gasteiger partial charge in [0.25, 0.3) is 0 Å². The van der Waals surface area contributed by atoms with Crippen LogP contribution in [0.1, 0.15) is 6.42 Å². The predicted octanol–water partition coefficient (Wildman–Crippen LogP) is 0.984. The second-order valence-corrected chi connectivity index (χ2v) is 2.32. The van der Waals surface area contributed by atoms with E-state index in [0.29, 0.717) is 13.1 Å². The Hall–Kier alpha value is -0.850. The molecule has 2 N–H and O–H groups in total. The van der Waals surface area contributed by atoms with E-state index >= 15 is 0 Å². The molecular formula is C6H12Cl2N4O2. The van der Waals surface area contributed by atoms with Crippen LogP contribution in [0.5, 0.6) is 0 Å². The first-order valence-electron chi connectivity index (χ1n) is 3.61. The zero-order chi connectivity index (χ0) is 8.97. The van der Waals surface area contributed by atoms with Crippen LogP contribution < -0.4 is 5.73 Å². The lowest BCUT2D eigenvalue weighted by molar-refractivity contribution is -0.396. The molecule has 0 fully saturated rings. The van der Waals surface area contributed by atoms with Gasteiger partial charge in [0, 0.05) is 0 Å². The molecule has 6 nitrogen and oxygen atoms in total. The zero-order valence-electron chi connectivity index (χ0n) is 7.33. The molecule has 0 radical (unpaired) electrons. The van der Waals surface area contributed by atoms with Crippen molar-refractivity contribution in [1.29, 1.82) is 0 Å². The summed E-state index contributed by atoms with van der Waals surface area (Å²) in [7, 11) is 0. The van der Waals surface area contributed by atoms with Crippen molar-refractivity contribution in [2.45, 2.75) is 13.0 Å². The molecule has 0 aliphatic carbocycles. The molecule has 0 spiro atoms. The zero-order valence-corrected chi connectivity index (χ0v) is 8.96. The molecule has 0 aliphatic heterocycles. The molecule has 1 heterocycles. The molecule has 0 saturated carbocycles. The van der Waals surface area contributed by atoms with Gasteiger partial charge >= 0.3 is 5.95 Å². The van der Waals surface area contributed by atoms with E-state index in [2.05, 4.69) is 4.98 Å². The summed E-state index contributed by atoms with van der Waals surface area (Å²) in [5, 5.41) is 10.3. The first-order valence-corrected chi connectivity index (χ1v) is 3.61. The molecule has 8 heteroatoms. The van der Waals surface area contributed by atoms with Crippen LogP contribution in [0, 0.1) is 10.1 Å². The van der Waals surface area contributed by atoms with Gasteiger partial charge in [0.15, 0.2) is 0 Å². The van der Waals surface area contributed by atoms with Crippen LogP contribution in [-0.2, 0) is 6.54 Å². The Bertz CT molecular complexity index is 279. The van der Waals surface area contributed by atoms with Gasteiger partial charge in [-0.1, -0.05) is 4.98 Å². The van der Waals surface area contributed by atoms with Gasteiger partial charge in [0.2, 0.25) is 0 Å². The van der Waals surface area contributed by atoms with Crippen molar-refractivity contribution in [2.75, 3.05) is 6.54 Å².